The van der Waals surface area contributed by atoms with Crippen molar-refractivity contribution < 1.29 is 15.3 Å². The Morgan fingerprint density at radius 1 is 1.07 bits per heavy atom. The number of aromatic nitrogens is 1. The lowest BCUT2D eigenvalue weighted by Crippen LogP contribution is -2.14. The van der Waals surface area contributed by atoms with Crippen molar-refractivity contribution in [3.8, 4) is 28.5 Å². The van der Waals surface area contributed by atoms with Crippen LogP contribution in [0, 0.1) is 0 Å². The standard InChI is InChI=1S/C19H18BrN3O3S/c1-11(2)22-19-23(15(10-27-19)13-5-3-4-6-14(13)20)21-9-12-7-8-16(24)18(26)17(12)25/h3-11,24-26H,1-2H3. The van der Waals surface area contributed by atoms with Gasteiger partial charge in [0.05, 0.1) is 11.9 Å². The van der Waals surface area contributed by atoms with Crippen LogP contribution in [-0.4, -0.2) is 32.3 Å². The Labute approximate surface area is 168 Å². The third-order valence-electron chi connectivity index (χ3n) is 3.68. The molecular formula is C19H18BrN3O3S. The summed E-state index contributed by atoms with van der Waals surface area (Å²) >= 11 is 5.02. The fourth-order valence-electron chi connectivity index (χ4n) is 2.38. The molecule has 0 radical (unpaired) electrons. The maximum Gasteiger partial charge on any atom is 0.206 e. The number of rotatable bonds is 4. The maximum atomic E-state index is 10.0. The number of halogens is 1. The monoisotopic (exact) mass is 447 g/mol. The number of thiazole rings is 1. The molecule has 0 amide bonds. The lowest BCUT2D eigenvalue weighted by molar-refractivity contribution is 0.367. The van der Waals surface area contributed by atoms with E-state index >= 15 is 0 Å². The Kier molecular flexibility index (Phi) is 5.67. The molecular weight excluding hydrogens is 430 g/mol. The maximum absolute atomic E-state index is 10.0. The summed E-state index contributed by atoms with van der Waals surface area (Å²) in [6, 6.07) is 10.6. The molecule has 140 valence electrons. The number of aromatic hydroxyl groups is 3. The quantitative estimate of drug-likeness (QED) is 0.411. The Morgan fingerprint density at radius 3 is 2.52 bits per heavy atom. The molecule has 1 heterocycles. The van der Waals surface area contributed by atoms with E-state index in [1.807, 2.05) is 43.5 Å². The van der Waals surface area contributed by atoms with Crippen molar-refractivity contribution in [2.24, 2.45) is 10.1 Å². The van der Waals surface area contributed by atoms with Gasteiger partial charge >= 0.3 is 0 Å². The molecule has 3 aromatic rings. The zero-order chi connectivity index (χ0) is 19.6. The van der Waals surface area contributed by atoms with E-state index in [0.717, 1.165) is 15.7 Å². The predicted octanol–water partition coefficient (Wildman–Crippen LogP) is 4.29. The minimum absolute atomic E-state index is 0.0864. The highest BCUT2D eigenvalue weighted by Gasteiger charge is 2.12. The number of hydrogen-bond donors (Lipinski definition) is 3. The van der Waals surface area contributed by atoms with Crippen LogP contribution in [0.1, 0.15) is 19.4 Å². The fourth-order valence-corrected chi connectivity index (χ4v) is 3.83. The van der Waals surface area contributed by atoms with Gasteiger partial charge in [-0.15, -0.1) is 11.3 Å². The van der Waals surface area contributed by atoms with E-state index in [-0.39, 0.29) is 11.6 Å². The zero-order valence-corrected chi connectivity index (χ0v) is 17.1. The van der Waals surface area contributed by atoms with Gasteiger partial charge in [-0.05, 0) is 32.0 Å². The largest absolute Gasteiger partial charge is 0.504 e. The molecule has 0 aliphatic rings. The van der Waals surface area contributed by atoms with Crippen molar-refractivity contribution in [2.45, 2.75) is 19.9 Å². The number of nitrogens with zero attached hydrogens (tertiary/aromatic N) is 3. The van der Waals surface area contributed by atoms with Crippen LogP contribution in [0.2, 0.25) is 0 Å². The molecule has 6 nitrogen and oxygen atoms in total. The smallest absolute Gasteiger partial charge is 0.206 e. The second-order valence-corrected chi connectivity index (χ2v) is 7.72. The second-order valence-electron chi connectivity index (χ2n) is 6.03. The molecule has 8 heteroatoms. The third kappa shape index (κ3) is 4.06. The van der Waals surface area contributed by atoms with Gasteiger partial charge in [0.25, 0.3) is 0 Å². The topological polar surface area (TPSA) is 90.3 Å². The predicted molar refractivity (Wildman–Crippen MR) is 111 cm³/mol. The van der Waals surface area contributed by atoms with Gasteiger partial charge < -0.3 is 15.3 Å². The van der Waals surface area contributed by atoms with Crippen LogP contribution in [0.3, 0.4) is 0 Å². The van der Waals surface area contributed by atoms with Gasteiger partial charge in [0.15, 0.2) is 11.5 Å². The van der Waals surface area contributed by atoms with Gasteiger partial charge in [-0.1, -0.05) is 34.1 Å². The normalized spacial score (nSPS) is 12.4. The molecule has 0 bridgehead atoms. The van der Waals surface area contributed by atoms with Gasteiger partial charge in [0.1, 0.15) is 0 Å². The minimum Gasteiger partial charge on any atom is -0.504 e. The Balaban J connectivity index is 2.15. The summed E-state index contributed by atoms with van der Waals surface area (Å²) in [7, 11) is 0. The molecule has 27 heavy (non-hydrogen) atoms. The second kappa shape index (κ2) is 7.98. The van der Waals surface area contributed by atoms with Crippen LogP contribution >= 0.6 is 27.3 Å². The van der Waals surface area contributed by atoms with Crippen LogP contribution in [0.4, 0.5) is 0 Å². The minimum atomic E-state index is -0.576. The highest BCUT2D eigenvalue weighted by atomic mass is 79.9. The zero-order valence-electron chi connectivity index (χ0n) is 14.7. The lowest BCUT2D eigenvalue weighted by Gasteiger charge is -2.07. The molecule has 3 rings (SSSR count). The molecule has 3 N–H and O–H groups in total. The number of phenolic OH excluding ortho intramolecular Hbond substituents is 3. The number of hydrogen-bond acceptors (Lipinski definition) is 6. The number of phenols is 3. The summed E-state index contributed by atoms with van der Waals surface area (Å²) in [4.78, 5) is 5.31. The highest BCUT2D eigenvalue weighted by Crippen LogP contribution is 2.36. The molecule has 0 spiro atoms. The van der Waals surface area contributed by atoms with Gasteiger partial charge in [-0.25, -0.2) is 4.68 Å². The first kappa shape index (κ1) is 19.2. The summed E-state index contributed by atoms with van der Waals surface area (Å²) in [5, 5.41) is 35.6. The third-order valence-corrected chi connectivity index (χ3v) is 5.20. The Hall–Kier alpha value is -2.58. The summed E-state index contributed by atoms with van der Waals surface area (Å²) in [6.07, 6.45) is 1.42. The molecule has 1 aromatic heterocycles. The van der Waals surface area contributed by atoms with Crippen molar-refractivity contribution >= 4 is 33.5 Å². The average molecular weight is 448 g/mol. The van der Waals surface area contributed by atoms with Gasteiger partial charge in [0.2, 0.25) is 10.6 Å². The lowest BCUT2D eigenvalue weighted by atomic mass is 10.2. The SMILES string of the molecule is CC(C)N=c1scc(-c2ccccc2Br)n1N=Cc1ccc(O)c(O)c1O. The molecule has 0 atom stereocenters. The van der Waals surface area contributed by atoms with Crippen molar-refractivity contribution in [3.05, 3.63) is 56.6 Å². The first-order chi connectivity index (χ1) is 12.9. The van der Waals surface area contributed by atoms with E-state index < -0.39 is 17.2 Å². The van der Waals surface area contributed by atoms with Gasteiger partial charge in [0, 0.05) is 27.0 Å². The average Bonchev–Trinajstić information content (AvgIpc) is 3.01. The summed E-state index contributed by atoms with van der Waals surface area (Å²) < 4.78 is 2.61. The van der Waals surface area contributed by atoms with Crippen molar-refractivity contribution in [1.29, 1.82) is 0 Å². The fraction of sp³-hybridized carbons (Fsp3) is 0.158. The molecule has 0 aliphatic carbocycles. The summed E-state index contributed by atoms with van der Waals surface area (Å²) in [6.45, 7) is 3.96. The van der Waals surface area contributed by atoms with Crippen LogP contribution in [0.5, 0.6) is 17.2 Å². The molecule has 0 fully saturated rings. The van der Waals surface area contributed by atoms with Crippen LogP contribution in [0.15, 0.2) is 56.3 Å². The first-order valence-corrected chi connectivity index (χ1v) is 9.83. The van der Waals surface area contributed by atoms with Crippen LogP contribution in [-0.2, 0) is 0 Å². The molecule has 2 aromatic carbocycles. The van der Waals surface area contributed by atoms with Crippen molar-refractivity contribution in [2.75, 3.05) is 0 Å². The Bertz CT molecular complexity index is 1070. The van der Waals surface area contributed by atoms with E-state index in [9.17, 15) is 15.3 Å². The van der Waals surface area contributed by atoms with Gasteiger partial charge in [-0.2, -0.15) is 5.10 Å². The highest BCUT2D eigenvalue weighted by molar-refractivity contribution is 9.10. The van der Waals surface area contributed by atoms with E-state index in [2.05, 4.69) is 26.0 Å². The molecule has 0 unspecified atom stereocenters. The molecule has 0 aliphatic heterocycles. The van der Waals surface area contributed by atoms with Crippen LogP contribution < -0.4 is 4.80 Å². The van der Waals surface area contributed by atoms with Crippen molar-refractivity contribution in [1.82, 2.24) is 4.68 Å². The number of benzene rings is 2. The summed E-state index contributed by atoms with van der Waals surface area (Å²) in [5.41, 5.74) is 2.07. The van der Waals surface area contributed by atoms with E-state index in [4.69, 9.17) is 0 Å². The van der Waals surface area contributed by atoms with Crippen molar-refractivity contribution in [3.63, 3.8) is 0 Å². The summed E-state index contributed by atoms with van der Waals surface area (Å²) in [5.74, 6) is -1.40. The van der Waals surface area contributed by atoms with E-state index in [1.54, 1.807) is 4.68 Å². The Morgan fingerprint density at radius 2 is 1.81 bits per heavy atom. The van der Waals surface area contributed by atoms with E-state index in [1.165, 1.54) is 29.7 Å². The molecule has 0 saturated carbocycles. The van der Waals surface area contributed by atoms with Crippen LogP contribution in [0.25, 0.3) is 11.3 Å². The molecule has 0 saturated heterocycles. The first-order valence-electron chi connectivity index (χ1n) is 8.16. The van der Waals surface area contributed by atoms with Gasteiger partial charge in [-0.3, -0.25) is 4.99 Å². The van der Waals surface area contributed by atoms with E-state index in [0.29, 0.717) is 4.80 Å².